The van der Waals surface area contributed by atoms with E-state index in [2.05, 4.69) is 5.32 Å². The molecule has 2 N–H and O–H groups in total. The second kappa shape index (κ2) is 6.04. The lowest BCUT2D eigenvalue weighted by atomic mass is 10.1. The van der Waals surface area contributed by atoms with Crippen molar-refractivity contribution in [2.75, 3.05) is 6.54 Å². The smallest absolute Gasteiger partial charge is 0.163 e. The first kappa shape index (κ1) is 13.1. The number of hydrogen-bond acceptors (Lipinski definition) is 3. The monoisotopic (exact) mass is 269 g/mol. The SMILES string of the molecule is OC(CNCc1cccc(F)c1F)c1ccsc1. The Morgan fingerprint density at radius 1 is 1.28 bits per heavy atom. The molecule has 2 rings (SSSR count). The van der Waals surface area contributed by atoms with E-state index in [0.29, 0.717) is 6.54 Å². The molecule has 0 fully saturated rings. The lowest BCUT2D eigenvalue weighted by Gasteiger charge is -2.11. The van der Waals surface area contributed by atoms with Crippen LogP contribution >= 0.6 is 11.3 Å². The third-order valence-corrected chi connectivity index (χ3v) is 3.31. The largest absolute Gasteiger partial charge is 0.387 e. The average molecular weight is 269 g/mol. The summed E-state index contributed by atoms with van der Waals surface area (Å²) < 4.78 is 26.3. The number of nitrogens with one attached hydrogen (secondary N) is 1. The molecule has 1 atom stereocenters. The first-order chi connectivity index (χ1) is 8.68. The zero-order chi connectivity index (χ0) is 13.0. The van der Waals surface area contributed by atoms with Gasteiger partial charge < -0.3 is 10.4 Å². The highest BCUT2D eigenvalue weighted by Crippen LogP contribution is 2.16. The second-order valence-corrected chi connectivity index (χ2v) is 4.70. The molecule has 0 saturated carbocycles. The lowest BCUT2D eigenvalue weighted by molar-refractivity contribution is 0.174. The molecule has 18 heavy (non-hydrogen) atoms. The highest BCUT2D eigenvalue weighted by Gasteiger charge is 2.09. The molecule has 1 aromatic heterocycles. The van der Waals surface area contributed by atoms with Gasteiger partial charge in [0.2, 0.25) is 0 Å². The Morgan fingerprint density at radius 2 is 2.11 bits per heavy atom. The number of thiophene rings is 1. The van der Waals surface area contributed by atoms with E-state index >= 15 is 0 Å². The molecule has 0 spiro atoms. The molecule has 0 radical (unpaired) electrons. The number of rotatable bonds is 5. The van der Waals surface area contributed by atoms with Crippen molar-refractivity contribution in [3.05, 3.63) is 57.8 Å². The third-order valence-electron chi connectivity index (χ3n) is 2.61. The zero-order valence-electron chi connectivity index (χ0n) is 9.57. The van der Waals surface area contributed by atoms with Gasteiger partial charge in [-0.1, -0.05) is 12.1 Å². The van der Waals surface area contributed by atoms with Crippen LogP contribution in [0.2, 0.25) is 0 Å². The minimum atomic E-state index is -0.854. The number of benzene rings is 1. The van der Waals surface area contributed by atoms with Crippen LogP contribution in [0, 0.1) is 11.6 Å². The zero-order valence-corrected chi connectivity index (χ0v) is 10.4. The lowest BCUT2D eigenvalue weighted by Crippen LogP contribution is -2.21. The van der Waals surface area contributed by atoms with Crippen molar-refractivity contribution in [3.63, 3.8) is 0 Å². The summed E-state index contributed by atoms with van der Waals surface area (Å²) in [5.74, 6) is -1.69. The van der Waals surface area contributed by atoms with E-state index in [9.17, 15) is 13.9 Å². The predicted molar refractivity (Wildman–Crippen MR) is 67.3 cm³/mol. The molecule has 1 unspecified atom stereocenters. The Balaban J connectivity index is 1.87. The molecule has 5 heteroatoms. The highest BCUT2D eigenvalue weighted by atomic mass is 32.1. The van der Waals surface area contributed by atoms with E-state index in [1.54, 1.807) is 0 Å². The Kier molecular flexibility index (Phi) is 4.41. The molecular weight excluding hydrogens is 256 g/mol. The maximum Gasteiger partial charge on any atom is 0.163 e. The van der Waals surface area contributed by atoms with Gasteiger partial charge in [-0.15, -0.1) is 0 Å². The van der Waals surface area contributed by atoms with Crippen molar-refractivity contribution >= 4 is 11.3 Å². The fraction of sp³-hybridized carbons (Fsp3) is 0.231. The molecule has 2 nitrogen and oxygen atoms in total. The average Bonchev–Trinajstić information content (AvgIpc) is 2.88. The van der Waals surface area contributed by atoms with Gasteiger partial charge in [-0.25, -0.2) is 8.78 Å². The van der Waals surface area contributed by atoms with Gasteiger partial charge in [-0.05, 0) is 28.5 Å². The molecule has 0 aliphatic carbocycles. The predicted octanol–water partition coefficient (Wildman–Crippen LogP) is 2.85. The van der Waals surface area contributed by atoms with Crippen LogP contribution in [0.1, 0.15) is 17.2 Å². The topological polar surface area (TPSA) is 32.3 Å². The minimum absolute atomic E-state index is 0.185. The van der Waals surface area contributed by atoms with Crippen molar-refractivity contribution in [3.8, 4) is 0 Å². The summed E-state index contributed by atoms with van der Waals surface area (Å²) in [4.78, 5) is 0. The van der Waals surface area contributed by atoms with E-state index in [1.807, 2.05) is 16.8 Å². The number of halogens is 2. The molecule has 2 aromatic rings. The van der Waals surface area contributed by atoms with Gasteiger partial charge >= 0.3 is 0 Å². The molecule has 0 aliphatic heterocycles. The van der Waals surface area contributed by atoms with Crippen molar-refractivity contribution in [2.45, 2.75) is 12.6 Å². The van der Waals surface area contributed by atoms with Crippen molar-refractivity contribution in [2.24, 2.45) is 0 Å². The summed E-state index contributed by atoms with van der Waals surface area (Å²) in [5.41, 5.74) is 1.08. The Hall–Kier alpha value is -1.30. The van der Waals surface area contributed by atoms with Crippen LogP contribution in [-0.4, -0.2) is 11.7 Å². The van der Waals surface area contributed by atoms with E-state index < -0.39 is 17.7 Å². The second-order valence-electron chi connectivity index (χ2n) is 3.92. The maximum absolute atomic E-state index is 13.3. The molecule has 0 saturated heterocycles. The molecule has 0 bridgehead atoms. The number of aliphatic hydroxyl groups is 1. The third kappa shape index (κ3) is 3.13. The summed E-state index contributed by atoms with van der Waals surface area (Å²) in [6.07, 6.45) is -0.632. The van der Waals surface area contributed by atoms with Gasteiger partial charge in [-0.2, -0.15) is 11.3 Å². The summed E-state index contributed by atoms with van der Waals surface area (Å²) in [7, 11) is 0. The Bertz CT molecular complexity index is 502. The number of hydrogen-bond donors (Lipinski definition) is 2. The quantitative estimate of drug-likeness (QED) is 0.875. The van der Waals surface area contributed by atoms with Gasteiger partial charge in [0.05, 0.1) is 6.10 Å². The van der Waals surface area contributed by atoms with E-state index in [4.69, 9.17) is 0 Å². The van der Waals surface area contributed by atoms with Gasteiger partial charge in [0.25, 0.3) is 0 Å². The fourth-order valence-electron chi connectivity index (χ4n) is 1.61. The first-order valence-electron chi connectivity index (χ1n) is 5.52. The Labute approximate surface area is 108 Å². The standard InChI is InChI=1S/C13H13F2NOS/c14-11-3-1-2-9(13(11)15)6-16-7-12(17)10-4-5-18-8-10/h1-5,8,12,16-17H,6-7H2. The summed E-state index contributed by atoms with van der Waals surface area (Å²) in [6.45, 7) is 0.484. The van der Waals surface area contributed by atoms with Crippen LogP contribution in [0.25, 0.3) is 0 Å². The van der Waals surface area contributed by atoms with Gasteiger partial charge in [0.15, 0.2) is 11.6 Å². The van der Waals surface area contributed by atoms with E-state index in [-0.39, 0.29) is 12.1 Å². The highest BCUT2D eigenvalue weighted by molar-refractivity contribution is 7.07. The van der Waals surface area contributed by atoms with Crippen LogP contribution in [0.3, 0.4) is 0 Å². The molecule has 1 heterocycles. The van der Waals surface area contributed by atoms with Gasteiger partial charge in [0.1, 0.15) is 0 Å². The normalized spacial score (nSPS) is 12.6. The molecule has 0 amide bonds. The summed E-state index contributed by atoms with van der Waals surface area (Å²) in [5, 5.41) is 16.4. The van der Waals surface area contributed by atoms with Crippen LogP contribution < -0.4 is 5.32 Å². The maximum atomic E-state index is 13.3. The van der Waals surface area contributed by atoms with Crippen LogP contribution in [0.4, 0.5) is 8.78 Å². The molecular formula is C13H13F2NOS. The van der Waals surface area contributed by atoms with Crippen molar-refractivity contribution in [1.29, 1.82) is 0 Å². The fourth-order valence-corrected chi connectivity index (χ4v) is 2.32. The van der Waals surface area contributed by atoms with Gasteiger partial charge in [0, 0.05) is 18.7 Å². The van der Waals surface area contributed by atoms with Crippen molar-refractivity contribution < 1.29 is 13.9 Å². The van der Waals surface area contributed by atoms with E-state index in [0.717, 1.165) is 11.6 Å². The first-order valence-corrected chi connectivity index (χ1v) is 6.46. The van der Waals surface area contributed by atoms with Gasteiger partial charge in [-0.3, -0.25) is 0 Å². The van der Waals surface area contributed by atoms with Crippen LogP contribution in [-0.2, 0) is 6.54 Å². The van der Waals surface area contributed by atoms with Crippen LogP contribution in [0.15, 0.2) is 35.0 Å². The molecule has 96 valence electrons. The molecule has 0 aliphatic rings. The summed E-state index contributed by atoms with van der Waals surface area (Å²) >= 11 is 1.50. The summed E-state index contributed by atoms with van der Waals surface area (Å²) in [6, 6.07) is 5.89. The van der Waals surface area contributed by atoms with E-state index in [1.165, 1.54) is 23.5 Å². The number of aliphatic hydroxyl groups excluding tert-OH is 1. The van der Waals surface area contributed by atoms with Crippen LogP contribution in [0.5, 0.6) is 0 Å². The van der Waals surface area contributed by atoms with Crippen molar-refractivity contribution in [1.82, 2.24) is 5.32 Å². The minimum Gasteiger partial charge on any atom is -0.387 e. The molecule has 1 aromatic carbocycles. The Morgan fingerprint density at radius 3 is 2.83 bits per heavy atom.